The van der Waals surface area contributed by atoms with E-state index < -0.39 is 0 Å². The van der Waals surface area contributed by atoms with Crippen LogP contribution in [-0.4, -0.2) is 25.5 Å². The Labute approximate surface area is 98.4 Å². The molecule has 2 rings (SSSR count). The van der Waals surface area contributed by atoms with Gasteiger partial charge < -0.3 is 10.6 Å². The molecule has 0 aromatic rings. The molecule has 0 bridgehead atoms. The summed E-state index contributed by atoms with van der Waals surface area (Å²) in [7, 11) is 0. The molecule has 3 heteroatoms. The third kappa shape index (κ3) is 2.57. The van der Waals surface area contributed by atoms with Crippen LogP contribution in [0.4, 0.5) is 0 Å². The molecule has 2 N–H and O–H groups in total. The van der Waals surface area contributed by atoms with Crippen molar-refractivity contribution in [3.05, 3.63) is 0 Å². The van der Waals surface area contributed by atoms with Crippen molar-refractivity contribution in [1.82, 2.24) is 10.6 Å². The minimum atomic E-state index is 0.308. The molecule has 0 aromatic carbocycles. The first-order chi connectivity index (χ1) is 7.64. The van der Waals surface area contributed by atoms with E-state index in [1.54, 1.807) is 0 Å². The molecule has 2 aliphatic rings. The van der Waals surface area contributed by atoms with Crippen molar-refractivity contribution in [3.8, 4) is 0 Å². The van der Waals surface area contributed by atoms with Crippen molar-refractivity contribution in [3.63, 3.8) is 0 Å². The Morgan fingerprint density at radius 3 is 2.75 bits per heavy atom. The molecule has 1 saturated heterocycles. The number of hydrogen-bond acceptors (Lipinski definition) is 2. The van der Waals surface area contributed by atoms with Crippen molar-refractivity contribution in [2.75, 3.05) is 19.6 Å². The SMILES string of the molecule is CC(C)CCNC(=O)[C@@H]1CC12CCNCC2. The van der Waals surface area contributed by atoms with E-state index in [1.165, 1.54) is 12.8 Å². The Bertz CT molecular complexity index is 257. The third-order valence-electron chi connectivity index (χ3n) is 4.13. The van der Waals surface area contributed by atoms with Crippen LogP contribution >= 0.6 is 0 Å². The van der Waals surface area contributed by atoms with Gasteiger partial charge in [0.05, 0.1) is 0 Å². The largest absolute Gasteiger partial charge is 0.356 e. The lowest BCUT2D eigenvalue weighted by atomic mass is 9.92. The number of rotatable bonds is 4. The van der Waals surface area contributed by atoms with Crippen LogP contribution in [0.25, 0.3) is 0 Å². The summed E-state index contributed by atoms with van der Waals surface area (Å²) in [5, 5.41) is 6.45. The van der Waals surface area contributed by atoms with E-state index >= 15 is 0 Å². The highest BCUT2D eigenvalue weighted by Crippen LogP contribution is 2.58. The van der Waals surface area contributed by atoms with Gasteiger partial charge in [-0.05, 0) is 50.1 Å². The Hall–Kier alpha value is -0.570. The van der Waals surface area contributed by atoms with Crippen molar-refractivity contribution in [1.29, 1.82) is 0 Å². The second kappa shape index (κ2) is 4.74. The molecule has 1 amide bonds. The van der Waals surface area contributed by atoms with Crippen LogP contribution < -0.4 is 10.6 Å². The van der Waals surface area contributed by atoms with Crippen molar-refractivity contribution >= 4 is 5.91 Å². The lowest BCUT2D eigenvalue weighted by Crippen LogP contribution is -2.34. The number of hydrogen-bond donors (Lipinski definition) is 2. The number of carbonyl (C=O) groups is 1. The normalized spacial score (nSPS) is 27.1. The molecule has 1 saturated carbocycles. The maximum absolute atomic E-state index is 11.9. The fourth-order valence-electron chi connectivity index (χ4n) is 2.80. The Balaban J connectivity index is 1.71. The molecular weight excluding hydrogens is 200 g/mol. The summed E-state index contributed by atoms with van der Waals surface area (Å²) in [4.78, 5) is 11.9. The zero-order valence-corrected chi connectivity index (χ0v) is 10.5. The molecular formula is C13H24N2O. The molecule has 1 heterocycles. The first-order valence-electron chi connectivity index (χ1n) is 6.62. The van der Waals surface area contributed by atoms with Gasteiger partial charge in [0.25, 0.3) is 0 Å². The van der Waals surface area contributed by atoms with Crippen molar-refractivity contribution in [2.24, 2.45) is 17.3 Å². The highest BCUT2D eigenvalue weighted by Gasteiger charge is 2.57. The average molecular weight is 224 g/mol. The second-order valence-electron chi connectivity index (χ2n) is 5.84. The number of nitrogens with one attached hydrogen (secondary N) is 2. The van der Waals surface area contributed by atoms with Gasteiger partial charge in [0.15, 0.2) is 0 Å². The number of piperidine rings is 1. The minimum absolute atomic E-state index is 0.308. The van der Waals surface area contributed by atoms with E-state index in [2.05, 4.69) is 24.5 Å². The Kier molecular flexibility index (Phi) is 3.53. The molecule has 1 aliphatic carbocycles. The molecule has 1 aliphatic heterocycles. The van der Waals surface area contributed by atoms with Crippen LogP contribution in [-0.2, 0) is 4.79 Å². The Morgan fingerprint density at radius 1 is 1.44 bits per heavy atom. The summed E-state index contributed by atoms with van der Waals surface area (Å²) < 4.78 is 0. The Morgan fingerprint density at radius 2 is 2.12 bits per heavy atom. The van der Waals surface area contributed by atoms with Gasteiger partial charge in [-0.1, -0.05) is 13.8 Å². The summed E-state index contributed by atoms with van der Waals surface area (Å²) in [6.45, 7) is 7.42. The number of carbonyl (C=O) groups excluding carboxylic acids is 1. The van der Waals surface area contributed by atoms with E-state index in [9.17, 15) is 4.79 Å². The van der Waals surface area contributed by atoms with Crippen LogP contribution in [0.3, 0.4) is 0 Å². The van der Waals surface area contributed by atoms with Gasteiger partial charge in [-0.2, -0.15) is 0 Å². The summed E-state index contributed by atoms with van der Waals surface area (Å²) in [6.07, 6.45) is 4.60. The van der Waals surface area contributed by atoms with Gasteiger partial charge >= 0.3 is 0 Å². The molecule has 0 unspecified atom stereocenters. The van der Waals surface area contributed by atoms with Gasteiger partial charge in [0, 0.05) is 12.5 Å². The average Bonchev–Trinajstić information content (AvgIpc) is 2.92. The van der Waals surface area contributed by atoms with Crippen molar-refractivity contribution in [2.45, 2.75) is 39.5 Å². The monoisotopic (exact) mass is 224 g/mol. The molecule has 0 radical (unpaired) electrons. The molecule has 3 nitrogen and oxygen atoms in total. The predicted molar refractivity (Wildman–Crippen MR) is 65.1 cm³/mol. The maximum atomic E-state index is 11.9. The summed E-state index contributed by atoms with van der Waals surface area (Å²) in [5.41, 5.74) is 0.382. The van der Waals surface area contributed by atoms with Gasteiger partial charge in [-0.25, -0.2) is 0 Å². The molecule has 1 spiro atoms. The van der Waals surface area contributed by atoms with E-state index in [1.807, 2.05) is 0 Å². The van der Waals surface area contributed by atoms with Gasteiger partial charge in [0.1, 0.15) is 0 Å². The van der Waals surface area contributed by atoms with Crippen LogP contribution in [0.2, 0.25) is 0 Å². The van der Waals surface area contributed by atoms with Gasteiger partial charge in [-0.3, -0.25) is 4.79 Å². The highest BCUT2D eigenvalue weighted by molar-refractivity contribution is 5.82. The quantitative estimate of drug-likeness (QED) is 0.760. The zero-order valence-electron chi connectivity index (χ0n) is 10.5. The van der Waals surface area contributed by atoms with Crippen LogP contribution in [0.5, 0.6) is 0 Å². The smallest absolute Gasteiger partial charge is 0.223 e. The van der Waals surface area contributed by atoms with E-state index in [4.69, 9.17) is 0 Å². The topological polar surface area (TPSA) is 41.1 Å². The fourth-order valence-corrected chi connectivity index (χ4v) is 2.80. The fraction of sp³-hybridized carbons (Fsp3) is 0.923. The van der Waals surface area contributed by atoms with Crippen molar-refractivity contribution < 1.29 is 4.79 Å². The lowest BCUT2D eigenvalue weighted by molar-refractivity contribution is -0.123. The minimum Gasteiger partial charge on any atom is -0.356 e. The van der Waals surface area contributed by atoms with Crippen LogP contribution in [0.15, 0.2) is 0 Å². The molecule has 2 fully saturated rings. The zero-order chi connectivity index (χ0) is 11.6. The first kappa shape index (κ1) is 11.9. The van der Waals surface area contributed by atoms with E-state index in [-0.39, 0.29) is 0 Å². The molecule has 1 atom stereocenters. The molecule has 0 aromatic heterocycles. The van der Waals surface area contributed by atoms with Gasteiger partial charge in [0.2, 0.25) is 5.91 Å². The van der Waals surface area contributed by atoms with E-state index in [0.717, 1.165) is 32.5 Å². The first-order valence-corrected chi connectivity index (χ1v) is 6.62. The number of amides is 1. The highest BCUT2D eigenvalue weighted by atomic mass is 16.2. The molecule has 16 heavy (non-hydrogen) atoms. The second-order valence-corrected chi connectivity index (χ2v) is 5.84. The maximum Gasteiger partial charge on any atom is 0.223 e. The van der Waals surface area contributed by atoms with Crippen LogP contribution in [0.1, 0.15) is 39.5 Å². The van der Waals surface area contributed by atoms with E-state index in [0.29, 0.717) is 23.2 Å². The van der Waals surface area contributed by atoms with Gasteiger partial charge in [-0.15, -0.1) is 0 Å². The standard InChI is InChI=1S/C13H24N2O/c1-10(2)3-6-15-12(16)11-9-13(11)4-7-14-8-5-13/h10-11,14H,3-9H2,1-2H3,(H,15,16)/t11-/m0/s1. The van der Waals surface area contributed by atoms with Crippen LogP contribution in [0, 0.1) is 17.3 Å². The summed E-state index contributed by atoms with van der Waals surface area (Å²) >= 11 is 0. The predicted octanol–water partition coefficient (Wildman–Crippen LogP) is 1.54. The summed E-state index contributed by atoms with van der Waals surface area (Å²) in [6, 6.07) is 0. The lowest BCUT2D eigenvalue weighted by Gasteiger charge is -2.23. The summed E-state index contributed by atoms with van der Waals surface area (Å²) in [5.74, 6) is 1.30. The third-order valence-corrected chi connectivity index (χ3v) is 4.13. The molecule has 92 valence electrons.